The second-order valence-corrected chi connectivity index (χ2v) is 4.94. The van der Waals surface area contributed by atoms with Crippen molar-refractivity contribution in [2.24, 2.45) is 0 Å². The van der Waals surface area contributed by atoms with Gasteiger partial charge in [0.15, 0.2) is 11.4 Å². The fourth-order valence-electron chi connectivity index (χ4n) is 1.41. The first kappa shape index (κ1) is 11.2. The van der Waals surface area contributed by atoms with Gasteiger partial charge in [0.1, 0.15) is 0 Å². The van der Waals surface area contributed by atoms with E-state index in [-0.39, 0.29) is 0 Å². The van der Waals surface area contributed by atoms with Crippen molar-refractivity contribution in [2.45, 2.75) is 19.4 Å². The summed E-state index contributed by atoms with van der Waals surface area (Å²) in [7, 11) is 0. The Balaban J connectivity index is 2.31. The topological polar surface area (TPSA) is 35.5 Å². The van der Waals surface area contributed by atoms with E-state index in [9.17, 15) is 4.79 Å². The summed E-state index contributed by atoms with van der Waals surface area (Å²) >= 11 is 3.36. The molecule has 2 rings (SSSR count). The average molecular weight is 283 g/mol. The summed E-state index contributed by atoms with van der Waals surface area (Å²) in [5, 5.41) is 0. The number of hydrogen-bond donors (Lipinski definition) is 0. The summed E-state index contributed by atoms with van der Waals surface area (Å²) in [6.45, 7) is 3.59. The second kappa shape index (κ2) is 3.94. The van der Waals surface area contributed by atoms with Gasteiger partial charge in [-0.2, -0.15) is 0 Å². The highest BCUT2D eigenvalue weighted by Crippen LogP contribution is 2.31. The van der Waals surface area contributed by atoms with E-state index in [2.05, 4.69) is 15.9 Å². The summed E-state index contributed by atoms with van der Waals surface area (Å²) in [5.74, 6) is 0.528. The summed E-state index contributed by atoms with van der Waals surface area (Å²) in [4.78, 5) is 11.0. The SMILES string of the molecule is CC1(C)OC(=O)O/C1=C\c1ccc(Br)cc1. The Bertz CT molecular complexity index is 446. The molecule has 1 saturated heterocycles. The van der Waals surface area contributed by atoms with Crippen LogP contribution in [0.25, 0.3) is 6.08 Å². The Morgan fingerprint density at radius 1 is 1.25 bits per heavy atom. The van der Waals surface area contributed by atoms with Crippen LogP contribution >= 0.6 is 15.9 Å². The Hall–Kier alpha value is -1.29. The maximum absolute atomic E-state index is 11.0. The van der Waals surface area contributed by atoms with Crippen LogP contribution in [0.4, 0.5) is 4.79 Å². The Morgan fingerprint density at radius 2 is 1.88 bits per heavy atom. The highest BCUT2D eigenvalue weighted by Gasteiger charge is 2.38. The van der Waals surface area contributed by atoms with Gasteiger partial charge in [0, 0.05) is 4.47 Å². The van der Waals surface area contributed by atoms with Gasteiger partial charge in [-0.1, -0.05) is 28.1 Å². The number of cyclic esters (lactones) is 2. The fourth-order valence-corrected chi connectivity index (χ4v) is 1.67. The molecule has 0 bridgehead atoms. The van der Waals surface area contributed by atoms with Crippen molar-refractivity contribution in [3.63, 3.8) is 0 Å². The molecule has 0 saturated carbocycles. The van der Waals surface area contributed by atoms with Crippen LogP contribution in [0, 0.1) is 0 Å². The van der Waals surface area contributed by atoms with Crippen LogP contribution in [0.15, 0.2) is 34.5 Å². The zero-order valence-corrected chi connectivity index (χ0v) is 10.6. The normalized spacial score (nSPS) is 20.7. The smallest absolute Gasteiger partial charge is 0.420 e. The average Bonchev–Trinajstić information content (AvgIpc) is 2.43. The lowest BCUT2D eigenvalue weighted by Crippen LogP contribution is -2.20. The van der Waals surface area contributed by atoms with E-state index in [0.29, 0.717) is 5.76 Å². The first-order chi connectivity index (χ1) is 7.47. The molecule has 1 heterocycles. The van der Waals surface area contributed by atoms with Gasteiger partial charge in [-0.05, 0) is 37.6 Å². The molecule has 1 aliphatic rings. The van der Waals surface area contributed by atoms with Crippen LogP contribution in [0.3, 0.4) is 0 Å². The molecule has 1 aliphatic heterocycles. The maximum atomic E-state index is 11.0. The van der Waals surface area contributed by atoms with E-state index < -0.39 is 11.8 Å². The van der Waals surface area contributed by atoms with Gasteiger partial charge in [0.2, 0.25) is 0 Å². The first-order valence-electron chi connectivity index (χ1n) is 4.86. The number of carbonyl (C=O) groups excluding carboxylic acids is 1. The van der Waals surface area contributed by atoms with Crippen LogP contribution < -0.4 is 0 Å². The van der Waals surface area contributed by atoms with E-state index in [1.54, 1.807) is 19.9 Å². The van der Waals surface area contributed by atoms with E-state index in [4.69, 9.17) is 9.47 Å². The third kappa shape index (κ3) is 2.27. The molecule has 0 N–H and O–H groups in total. The monoisotopic (exact) mass is 282 g/mol. The van der Waals surface area contributed by atoms with Gasteiger partial charge < -0.3 is 9.47 Å². The Morgan fingerprint density at radius 3 is 2.38 bits per heavy atom. The second-order valence-electron chi connectivity index (χ2n) is 4.02. The van der Waals surface area contributed by atoms with Crippen molar-refractivity contribution in [3.05, 3.63) is 40.1 Å². The number of hydrogen-bond acceptors (Lipinski definition) is 3. The molecule has 3 nitrogen and oxygen atoms in total. The lowest BCUT2D eigenvalue weighted by molar-refractivity contribution is 0.0873. The van der Waals surface area contributed by atoms with Crippen molar-refractivity contribution in [3.8, 4) is 0 Å². The predicted molar refractivity (Wildman–Crippen MR) is 63.8 cm³/mol. The van der Waals surface area contributed by atoms with Crippen molar-refractivity contribution in [1.29, 1.82) is 0 Å². The molecule has 0 atom stereocenters. The van der Waals surface area contributed by atoms with E-state index in [0.717, 1.165) is 10.0 Å². The minimum Gasteiger partial charge on any atom is -0.420 e. The van der Waals surface area contributed by atoms with Crippen molar-refractivity contribution >= 4 is 28.2 Å². The molecular formula is C12H11BrO3. The first-order valence-corrected chi connectivity index (χ1v) is 5.65. The van der Waals surface area contributed by atoms with Gasteiger partial charge >= 0.3 is 6.16 Å². The van der Waals surface area contributed by atoms with Gasteiger partial charge in [-0.25, -0.2) is 4.79 Å². The highest BCUT2D eigenvalue weighted by atomic mass is 79.9. The lowest BCUT2D eigenvalue weighted by atomic mass is 10.1. The number of ether oxygens (including phenoxy) is 2. The van der Waals surface area contributed by atoms with Crippen molar-refractivity contribution in [1.82, 2.24) is 0 Å². The summed E-state index contributed by atoms with van der Waals surface area (Å²) in [6, 6.07) is 7.71. The van der Waals surface area contributed by atoms with Crippen LogP contribution in [0.5, 0.6) is 0 Å². The zero-order valence-electron chi connectivity index (χ0n) is 8.99. The number of rotatable bonds is 1. The molecular weight excluding hydrogens is 272 g/mol. The van der Waals surface area contributed by atoms with Crippen LogP contribution in [-0.4, -0.2) is 11.8 Å². The van der Waals surface area contributed by atoms with Crippen LogP contribution in [0.1, 0.15) is 19.4 Å². The maximum Gasteiger partial charge on any atom is 0.514 e. The van der Waals surface area contributed by atoms with Gasteiger partial charge in [0.25, 0.3) is 0 Å². The van der Waals surface area contributed by atoms with Crippen molar-refractivity contribution in [2.75, 3.05) is 0 Å². The predicted octanol–water partition coefficient (Wildman–Crippen LogP) is 3.74. The van der Waals surface area contributed by atoms with Gasteiger partial charge in [-0.15, -0.1) is 0 Å². The Kier molecular flexibility index (Phi) is 2.76. The third-order valence-electron chi connectivity index (χ3n) is 2.29. The molecule has 1 aromatic carbocycles. The van der Waals surface area contributed by atoms with Gasteiger partial charge in [0.05, 0.1) is 0 Å². The molecule has 1 fully saturated rings. The molecule has 16 heavy (non-hydrogen) atoms. The number of carbonyl (C=O) groups is 1. The van der Waals surface area contributed by atoms with E-state index >= 15 is 0 Å². The van der Waals surface area contributed by atoms with Gasteiger partial charge in [-0.3, -0.25) is 0 Å². The standard InChI is InChI=1S/C12H11BrO3/c1-12(2)10(15-11(14)16-12)7-8-3-5-9(13)6-4-8/h3-7H,1-2H3/b10-7-. The van der Waals surface area contributed by atoms with E-state index in [1.165, 1.54) is 0 Å². The quantitative estimate of drug-likeness (QED) is 0.736. The summed E-state index contributed by atoms with van der Waals surface area (Å²) < 4.78 is 11.0. The van der Waals surface area contributed by atoms with Crippen LogP contribution in [-0.2, 0) is 9.47 Å². The van der Waals surface area contributed by atoms with Crippen molar-refractivity contribution < 1.29 is 14.3 Å². The minimum atomic E-state index is -0.690. The van der Waals surface area contributed by atoms with Crippen LogP contribution in [0.2, 0.25) is 0 Å². The molecule has 0 radical (unpaired) electrons. The molecule has 0 spiro atoms. The molecule has 0 aromatic heterocycles. The molecule has 0 amide bonds. The summed E-state index contributed by atoms with van der Waals surface area (Å²) in [6.07, 6.45) is 1.16. The molecule has 84 valence electrons. The molecule has 4 heteroatoms. The lowest BCUT2D eigenvalue weighted by Gasteiger charge is -2.13. The number of halogens is 1. The molecule has 0 aliphatic carbocycles. The minimum absolute atomic E-state index is 0.528. The molecule has 0 unspecified atom stereocenters. The zero-order chi connectivity index (χ0) is 11.8. The summed E-state index contributed by atoms with van der Waals surface area (Å²) in [5.41, 5.74) is 0.272. The fraction of sp³-hybridized carbons (Fsp3) is 0.250. The van der Waals surface area contributed by atoms with E-state index in [1.807, 2.05) is 24.3 Å². The molecule has 1 aromatic rings. The largest absolute Gasteiger partial charge is 0.514 e. The third-order valence-corrected chi connectivity index (χ3v) is 2.82. The highest BCUT2D eigenvalue weighted by molar-refractivity contribution is 9.10. The number of benzene rings is 1. The Labute approximate surface area is 102 Å².